The van der Waals surface area contributed by atoms with Crippen molar-refractivity contribution in [3.63, 3.8) is 0 Å². The zero-order chi connectivity index (χ0) is 33.2. The highest BCUT2D eigenvalue weighted by atomic mass is 16.6. The molecule has 0 bridgehead atoms. The Balaban J connectivity index is 1.62. The van der Waals surface area contributed by atoms with E-state index < -0.39 is 5.97 Å². The number of hydrogen-bond acceptors (Lipinski definition) is 14. The minimum Gasteiger partial charge on any atom is -0.481 e. The standard InChI is InChI=1S/C30H53NO15/c32-28-2-3-29(33)31(28)5-1-6-36-8-10-38-12-14-40-16-18-42-20-22-44-24-26-46-27-25-45-23-21-43-19-17-41-15-13-39-11-9-37-7-4-30(34)35/h2-3H,1,4-27H2,(H,34,35). The lowest BCUT2D eigenvalue weighted by atomic mass is 10.4. The maximum absolute atomic E-state index is 11.4. The highest BCUT2D eigenvalue weighted by molar-refractivity contribution is 6.12. The van der Waals surface area contributed by atoms with E-state index in [0.29, 0.717) is 152 Å². The predicted octanol–water partition coefficient (Wildman–Crippen LogP) is -0.0412. The summed E-state index contributed by atoms with van der Waals surface area (Å²) in [6.07, 6.45) is 3.13. The molecule has 0 aromatic rings. The number of amides is 2. The molecule has 0 saturated heterocycles. The van der Waals surface area contributed by atoms with E-state index in [1.54, 1.807) is 0 Å². The van der Waals surface area contributed by atoms with Gasteiger partial charge in [0.15, 0.2) is 0 Å². The smallest absolute Gasteiger partial charge is 0.305 e. The summed E-state index contributed by atoms with van der Waals surface area (Å²) in [6.45, 7) is 10.1. The summed E-state index contributed by atoms with van der Waals surface area (Å²) in [5, 5.41) is 8.48. The summed E-state index contributed by atoms with van der Waals surface area (Å²) in [7, 11) is 0. The van der Waals surface area contributed by atoms with Gasteiger partial charge in [0.05, 0.1) is 145 Å². The third-order valence-corrected chi connectivity index (χ3v) is 5.75. The highest BCUT2D eigenvalue weighted by Gasteiger charge is 2.22. The SMILES string of the molecule is O=C(O)CCOCCOCCOCCOCCOCCOCCOCCOCCOCCOCCOCCCN1C(=O)C=CC1=O. The van der Waals surface area contributed by atoms with Crippen LogP contribution in [0.5, 0.6) is 0 Å². The Morgan fingerprint density at radius 3 is 0.935 bits per heavy atom. The lowest BCUT2D eigenvalue weighted by Crippen LogP contribution is -2.31. The van der Waals surface area contributed by atoms with Gasteiger partial charge in [-0.1, -0.05) is 0 Å². The molecule has 16 nitrogen and oxygen atoms in total. The molecule has 0 unspecified atom stereocenters. The first kappa shape index (κ1) is 41.9. The number of carbonyl (C=O) groups excluding carboxylic acids is 2. The van der Waals surface area contributed by atoms with Gasteiger partial charge in [0.1, 0.15) is 0 Å². The molecule has 0 aromatic heterocycles. The molecule has 1 heterocycles. The average molecular weight is 668 g/mol. The molecule has 1 aliphatic rings. The number of rotatable bonds is 37. The lowest BCUT2D eigenvalue weighted by Gasteiger charge is -2.13. The molecule has 1 aliphatic heterocycles. The Hall–Kier alpha value is -2.09. The van der Waals surface area contributed by atoms with E-state index in [9.17, 15) is 14.4 Å². The molecular weight excluding hydrogens is 614 g/mol. The highest BCUT2D eigenvalue weighted by Crippen LogP contribution is 2.04. The Morgan fingerprint density at radius 1 is 0.435 bits per heavy atom. The van der Waals surface area contributed by atoms with Crippen molar-refractivity contribution in [2.45, 2.75) is 12.8 Å². The van der Waals surface area contributed by atoms with Crippen LogP contribution in [0, 0.1) is 0 Å². The van der Waals surface area contributed by atoms with Gasteiger partial charge in [-0.25, -0.2) is 0 Å². The first-order valence-corrected chi connectivity index (χ1v) is 15.7. The normalized spacial score (nSPS) is 13.0. The Labute approximate surface area is 271 Å². The van der Waals surface area contributed by atoms with Gasteiger partial charge in [-0.05, 0) is 6.42 Å². The molecule has 268 valence electrons. The molecule has 0 fully saturated rings. The predicted molar refractivity (Wildman–Crippen MR) is 162 cm³/mol. The molecule has 46 heavy (non-hydrogen) atoms. The molecule has 1 N–H and O–H groups in total. The summed E-state index contributed by atoms with van der Waals surface area (Å²) in [4.78, 5) is 34.4. The number of carbonyl (C=O) groups is 3. The average Bonchev–Trinajstić information content (AvgIpc) is 3.36. The van der Waals surface area contributed by atoms with Crippen molar-refractivity contribution in [1.29, 1.82) is 0 Å². The van der Waals surface area contributed by atoms with Crippen molar-refractivity contribution in [2.75, 3.05) is 152 Å². The minimum atomic E-state index is -0.879. The van der Waals surface area contributed by atoms with Crippen LogP contribution in [0.25, 0.3) is 0 Å². The van der Waals surface area contributed by atoms with Gasteiger partial charge in [-0.15, -0.1) is 0 Å². The molecule has 0 saturated carbocycles. The van der Waals surface area contributed by atoms with E-state index in [2.05, 4.69) is 0 Å². The van der Waals surface area contributed by atoms with Crippen molar-refractivity contribution in [3.05, 3.63) is 12.2 Å². The van der Waals surface area contributed by atoms with Crippen LogP contribution in [-0.4, -0.2) is 180 Å². The van der Waals surface area contributed by atoms with Crippen LogP contribution in [0.4, 0.5) is 0 Å². The number of ether oxygens (including phenoxy) is 11. The van der Waals surface area contributed by atoms with Crippen LogP contribution in [0.15, 0.2) is 12.2 Å². The quantitative estimate of drug-likeness (QED) is 0.0689. The van der Waals surface area contributed by atoms with E-state index in [0.717, 1.165) is 0 Å². The fourth-order valence-corrected chi connectivity index (χ4v) is 3.44. The summed E-state index contributed by atoms with van der Waals surface area (Å²) in [5.74, 6) is -1.43. The van der Waals surface area contributed by atoms with Gasteiger partial charge >= 0.3 is 5.97 Å². The first-order valence-electron chi connectivity index (χ1n) is 15.7. The lowest BCUT2D eigenvalue weighted by molar-refractivity contribution is -0.139. The van der Waals surface area contributed by atoms with Crippen LogP contribution >= 0.6 is 0 Å². The van der Waals surface area contributed by atoms with Crippen LogP contribution in [0.1, 0.15) is 12.8 Å². The number of carboxylic acids is 1. The molecule has 0 spiro atoms. The van der Waals surface area contributed by atoms with Gasteiger partial charge in [-0.3, -0.25) is 19.3 Å². The summed E-state index contributed by atoms with van der Waals surface area (Å²) in [6, 6.07) is 0. The number of imide groups is 1. The number of aliphatic carboxylic acids is 1. The summed E-state index contributed by atoms with van der Waals surface area (Å²) >= 11 is 0. The molecule has 1 rings (SSSR count). The third-order valence-electron chi connectivity index (χ3n) is 5.75. The Morgan fingerprint density at radius 2 is 0.674 bits per heavy atom. The van der Waals surface area contributed by atoms with E-state index in [1.807, 2.05) is 0 Å². The maximum Gasteiger partial charge on any atom is 0.305 e. The second kappa shape index (κ2) is 32.8. The second-order valence-corrected chi connectivity index (χ2v) is 9.39. The zero-order valence-corrected chi connectivity index (χ0v) is 26.9. The van der Waals surface area contributed by atoms with E-state index in [1.165, 1.54) is 17.1 Å². The molecule has 0 atom stereocenters. The van der Waals surface area contributed by atoms with Gasteiger partial charge in [0, 0.05) is 25.3 Å². The van der Waals surface area contributed by atoms with Crippen LogP contribution < -0.4 is 0 Å². The molecule has 2 amide bonds. The van der Waals surface area contributed by atoms with Crippen molar-refractivity contribution >= 4 is 17.8 Å². The largest absolute Gasteiger partial charge is 0.481 e. The number of nitrogens with zero attached hydrogens (tertiary/aromatic N) is 1. The monoisotopic (exact) mass is 667 g/mol. The van der Waals surface area contributed by atoms with E-state index in [-0.39, 0.29) is 24.8 Å². The van der Waals surface area contributed by atoms with Gasteiger partial charge in [0.2, 0.25) is 0 Å². The molecule has 16 heteroatoms. The van der Waals surface area contributed by atoms with Crippen molar-refractivity contribution in [1.82, 2.24) is 4.90 Å². The Kier molecular flexibility index (Phi) is 29.9. The summed E-state index contributed by atoms with van der Waals surface area (Å²) in [5.41, 5.74) is 0. The topological polar surface area (TPSA) is 176 Å². The Bertz CT molecular complexity index is 753. The van der Waals surface area contributed by atoms with Crippen LogP contribution in [0.2, 0.25) is 0 Å². The minimum absolute atomic E-state index is 0.00749. The first-order chi connectivity index (χ1) is 22.6. The van der Waals surface area contributed by atoms with Crippen molar-refractivity contribution in [3.8, 4) is 0 Å². The van der Waals surface area contributed by atoms with E-state index in [4.69, 9.17) is 57.2 Å². The molecule has 0 aromatic carbocycles. The number of carboxylic acid groups (broad SMARTS) is 1. The zero-order valence-electron chi connectivity index (χ0n) is 26.9. The van der Waals surface area contributed by atoms with Crippen LogP contribution in [0.3, 0.4) is 0 Å². The second-order valence-electron chi connectivity index (χ2n) is 9.39. The molecule has 0 radical (unpaired) electrons. The van der Waals surface area contributed by atoms with Gasteiger partial charge in [0.25, 0.3) is 11.8 Å². The van der Waals surface area contributed by atoms with Gasteiger partial charge < -0.3 is 57.2 Å². The maximum atomic E-state index is 11.4. The third kappa shape index (κ3) is 28.2. The van der Waals surface area contributed by atoms with E-state index >= 15 is 0 Å². The fraction of sp³-hybridized carbons (Fsp3) is 0.833. The van der Waals surface area contributed by atoms with Gasteiger partial charge in [-0.2, -0.15) is 0 Å². The fourth-order valence-electron chi connectivity index (χ4n) is 3.44. The van der Waals surface area contributed by atoms with Crippen molar-refractivity contribution in [2.24, 2.45) is 0 Å². The summed E-state index contributed by atoms with van der Waals surface area (Å²) < 4.78 is 59.3. The molecule has 0 aliphatic carbocycles. The van der Waals surface area contributed by atoms with Crippen molar-refractivity contribution < 1.29 is 71.6 Å². The number of hydrogen-bond donors (Lipinski definition) is 1. The molecular formula is C30H53NO15. The van der Waals surface area contributed by atoms with Crippen LogP contribution in [-0.2, 0) is 66.5 Å².